The number of aryl methyl sites for hydroxylation is 1. The van der Waals surface area contributed by atoms with E-state index >= 15 is 0 Å². The second-order valence-electron chi connectivity index (χ2n) is 7.32. The highest BCUT2D eigenvalue weighted by molar-refractivity contribution is 7.20. The molecule has 8 heteroatoms. The zero-order valence-electron chi connectivity index (χ0n) is 16.3. The monoisotopic (exact) mass is 402 g/mol. The number of carbonyl (C=O) groups excluding carboxylic acids is 2. The Labute approximate surface area is 168 Å². The summed E-state index contributed by atoms with van der Waals surface area (Å²) < 4.78 is 6.32. The molecule has 1 saturated heterocycles. The summed E-state index contributed by atoms with van der Waals surface area (Å²) in [4.78, 5) is 26.2. The van der Waals surface area contributed by atoms with E-state index in [-0.39, 0.29) is 11.7 Å². The lowest BCUT2D eigenvalue weighted by molar-refractivity contribution is 0.100. The van der Waals surface area contributed by atoms with Crippen LogP contribution in [0.2, 0.25) is 0 Å². The van der Waals surface area contributed by atoms with E-state index in [9.17, 15) is 9.59 Å². The average Bonchev–Trinajstić information content (AvgIpc) is 3.23. The first-order valence-corrected chi connectivity index (χ1v) is 10.1. The number of amides is 3. The van der Waals surface area contributed by atoms with E-state index < -0.39 is 11.9 Å². The number of hydrogen-bond donors (Lipinski definition) is 3. The van der Waals surface area contributed by atoms with Crippen molar-refractivity contribution in [1.82, 2.24) is 4.90 Å². The van der Waals surface area contributed by atoms with Gasteiger partial charge in [-0.25, -0.2) is 4.79 Å². The number of thiophene rings is 1. The minimum atomic E-state index is -0.739. The van der Waals surface area contributed by atoms with Crippen LogP contribution in [0.1, 0.15) is 36.2 Å². The molecular weight excluding hydrogens is 376 g/mol. The van der Waals surface area contributed by atoms with Crippen LogP contribution in [0.15, 0.2) is 24.3 Å². The number of rotatable bonds is 6. The first-order valence-electron chi connectivity index (χ1n) is 9.26. The normalized spacial score (nSPS) is 17.1. The Morgan fingerprint density at radius 1 is 1.29 bits per heavy atom. The van der Waals surface area contributed by atoms with Crippen molar-refractivity contribution >= 4 is 28.3 Å². The molecule has 1 aromatic carbocycles. The number of carbonyl (C=O) groups is 2. The number of anilines is 1. The summed E-state index contributed by atoms with van der Waals surface area (Å²) in [5.74, 6) is 0.133. The number of nitrogens with two attached hydrogens (primary N) is 2. The van der Waals surface area contributed by atoms with Crippen LogP contribution in [0.25, 0.3) is 10.4 Å². The van der Waals surface area contributed by atoms with Gasteiger partial charge in [0.2, 0.25) is 0 Å². The number of likely N-dealkylation sites (tertiary alicyclic amines) is 1. The van der Waals surface area contributed by atoms with Crippen molar-refractivity contribution in [3.05, 3.63) is 35.4 Å². The fourth-order valence-corrected chi connectivity index (χ4v) is 4.44. The van der Waals surface area contributed by atoms with Gasteiger partial charge in [0.05, 0.1) is 5.56 Å². The Balaban J connectivity index is 1.93. The fourth-order valence-electron chi connectivity index (χ4n) is 3.35. The van der Waals surface area contributed by atoms with Crippen LogP contribution in [0.4, 0.5) is 9.80 Å². The van der Waals surface area contributed by atoms with Gasteiger partial charge in [-0.2, -0.15) is 0 Å². The van der Waals surface area contributed by atoms with Crippen molar-refractivity contribution in [2.75, 3.05) is 18.4 Å². The maximum atomic E-state index is 11.8. The molecular formula is C20H26N4O3S. The van der Waals surface area contributed by atoms with Crippen molar-refractivity contribution in [2.45, 2.75) is 39.3 Å². The zero-order valence-corrected chi connectivity index (χ0v) is 17.1. The molecule has 5 N–H and O–H groups in total. The summed E-state index contributed by atoms with van der Waals surface area (Å²) in [5, 5.41) is 2.82. The van der Waals surface area contributed by atoms with Gasteiger partial charge in [0, 0.05) is 29.6 Å². The summed E-state index contributed by atoms with van der Waals surface area (Å²) in [6.07, 6.45) is 1.08. The van der Waals surface area contributed by atoms with Gasteiger partial charge in [-0.3, -0.25) is 15.0 Å². The molecule has 2 heterocycles. The number of ether oxygens (including phenoxy) is 1. The highest BCUT2D eigenvalue weighted by Gasteiger charge is 2.27. The second-order valence-corrected chi connectivity index (χ2v) is 8.38. The molecule has 1 aliphatic rings. The number of nitrogens with one attached hydrogen (secondary N) is 1. The van der Waals surface area contributed by atoms with Crippen molar-refractivity contribution in [3.63, 3.8) is 0 Å². The number of urea groups is 1. The van der Waals surface area contributed by atoms with E-state index in [0.29, 0.717) is 11.0 Å². The van der Waals surface area contributed by atoms with Crippen LogP contribution in [0.5, 0.6) is 5.75 Å². The quantitative estimate of drug-likeness (QED) is 0.689. The third-order valence-electron chi connectivity index (χ3n) is 4.84. The minimum Gasteiger partial charge on any atom is -0.488 e. The molecule has 1 aromatic heterocycles. The van der Waals surface area contributed by atoms with E-state index in [1.807, 2.05) is 25.1 Å². The van der Waals surface area contributed by atoms with Gasteiger partial charge in [-0.05, 0) is 45.4 Å². The molecule has 0 bridgehead atoms. The lowest BCUT2D eigenvalue weighted by Gasteiger charge is -2.21. The Bertz CT molecular complexity index is 894. The van der Waals surface area contributed by atoms with Crippen LogP contribution in [0.3, 0.4) is 0 Å². The molecule has 150 valence electrons. The van der Waals surface area contributed by atoms with E-state index in [1.165, 1.54) is 11.3 Å². The lowest BCUT2D eigenvalue weighted by atomic mass is 10.1. The van der Waals surface area contributed by atoms with Crippen LogP contribution < -0.4 is 21.5 Å². The van der Waals surface area contributed by atoms with Gasteiger partial charge in [0.1, 0.15) is 16.9 Å². The summed E-state index contributed by atoms with van der Waals surface area (Å²) in [6.45, 7) is 8.26. The molecule has 28 heavy (non-hydrogen) atoms. The highest BCUT2D eigenvalue weighted by atomic mass is 32.1. The first-order chi connectivity index (χ1) is 13.2. The predicted octanol–water partition coefficient (Wildman–Crippen LogP) is 3.17. The van der Waals surface area contributed by atoms with Crippen LogP contribution >= 0.6 is 11.3 Å². The topological polar surface area (TPSA) is 111 Å². The van der Waals surface area contributed by atoms with Gasteiger partial charge in [0.15, 0.2) is 0 Å². The van der Waals surface area contributed by atoms with Crippen molar-refractivity contribution < 1.29 is 14.3 Å². The van der Waals surface area contributed by atoms with Crippen molar-refractivity contribution in [2.24, 2.45) is 11.5 Å². The third kappa shape index (κ3) is 4.45. The molecule has 2 aromatic rings. The van der Waals surface area contributed by atoms with E-state index in [0.717, 1.165) is 41.3 Å². The molecule has 3 rings (SSSR count). The maximum absolute atomic E-state index is 11.8. The van der Waals surface area contributed by atoms with Crippen LogP contribution in [0, 0.1) is 6.92 Å². The van der Waals surface area contributed by atoms with Gasteiger partial charge in [0.25, 0.3) is 5.91 Å². The molecule has 3 amide bonds. The van der Waals surface area contributed by atoms with E-state index in [2.05, 4.69) is 24.1 Å². The average molecular weight is 403 g/mol. The van der Waals surface area contributed by atoms with Gasteiger partial charge in [-0.15, -0.1) is 11.3 Å². The molecule has 0 aliphatic carbocycles. The maximum Gasteiger partial charge on any atom is 0.317 e. The summed E-state index contributed by atoms with van der Waals surface area (Å²) in [7, 11) is 0. The summed E-state index contributed by atoms with van der Waals surface area (Å²) in [5.41, 5.74) is 12.8. The van der Waals surface area contributed by atoms with Crippen LogP contribution in [-0.4, -0.2) is 42.1 Å². The van der Waals surface area contributed by atoms with E-state index in [1.54, 1.807) is 6.07 Å². The Hall–Kier alpha value is -2.58. The third-order valence-corrected chi connectivity index (χ3v) is 5.92. The van der Waals surface area contributed by atoms with Gasteiger partial charge >= 0.3 is 6.03 Å². The summed E-state index contributed by atoms with van der Waals surface area (Å²) >= 11 is 1.25. The second kappa shape index (κ2) is 8.20. The SMILES string of the molecule is Cc1ccc(OC2CCN(C(C)C)C2)c(-c2cc(C(N)=O)c(NC(N)=O)s2)c1. The Morgan fingerprint density at radius 3 is 2.64 bits per heavy atom. The van der Waals surface area contributed by atoms with Gasteiger partial charge in [-0.1, -0.05) is 11.6 Å². The zero-order chi connectivity index (χ0) is 20.4. The largest absolute Gasteiger partial charge is 0.488 e. The van der Waals surface area contributed by atoms with Crippen molar-refractivity contribution in [1.29, 1.82) is 0 Å². The number of hydrogen-bond acceptors (Lipinski definition) is 5. The molecule has 1 fully saturated rings. The van der Waals surface area contributed by atoms with Crippen LogP contribution in [-0.2, 0) is 0 Å². The molecule has 1 atom stereocenters. The Kier molecular flexibility index (Phi) is 5.90. The smallest absolute Gasteiger partial charge is 0.317 e. The Morgan fingerprint density at radius 2 is 2.04 bits per heavy atom. The number of primary amides is 2. The fraction of sp³-hybridized carbons (Fsp3) is 0.400. The molecule has 7 nitrogen and oxygen atoms in total. The van der Waals surface area contributed by atoms with E-state index in [4.69, 9.17) is 16.2 Å². The van der Waals surface area contributed by atoms with Gasteiger partial charge < -0.3 is 16.2 Å². The predicted molar refractivity (Wildman–Crippen MR) is 112 cm³/mol. The lowest BCUT2D eigenvalue weighted by Crippen LogP contribution is -2.30. The number of benzene rings is 1. The molecule has 1 unspecified atom stereocenters. The number of nitrogens with zero attached hydrogens (tertiary/aromatic N) is 1. The highest BCUT2D eigenvalue weighted by Crippen LogP contribution is 2.40. The molecule has 0 saturated carbocycles. The molecule has 0 spiro atoms. The molecule has 0 radical (unpaired) electrons. The minimum absolute atomic E-state index is 0.114. The first kappa shape index (κ1) is 20.2. The van der Waals surface area contributed by atoms with Crippen molar-refractivity contribution in [3.8, 4) is 16.2 Å². The molecule has 1 aliphatic heterocycles. The standard InChI is InChI=1S/C20H26N4O3S/c1-11(2)24-7-6-13(10-24)27-16-5-4-12(3)8-14(16)17-9-15(18(21)25)19(28-17)23-20(22)26/h4-5,8-9,11,13H,6-7,10H2,1-3H3,(H2,21,25)(H3,22,23,26). The summed E-state index contributed by atoms with van der Waals surface area (Å²) in [6, 6.07) is 7.39.